The maximum absolute atomic E-state index is 5.27. The van der Waals surface area contributed by atoms with Crippen molar-refractivity contribution in [1.82, 2.24) is 20.0 Å². The monoisotopic (exact) mass is 471 g/mol. The zero-order valence-corrected chi connectivity index (χ0v) is 18.2. The van der Waals surface area contributed by atoms with E-state index in [9.17, 15) is 0 Å². The van der Waals surface area contributed by atoms with Crippen LogP contribution in [0.25, 0.3) is 5.65 Å². The van der Waals surface area contributed by atoms with Crippen molar-refractivity contribution in [3.8, 4) is 0 Å². The Balaban J connectivity index is 0.00000243. The van der Waals surface area contributed by atoms with Gasteiger partial charge in [-0.2, -0.15) is 0 Å². The van der Waals surface area contributed by atoms with Crippen LogP contribution in [0.3, 0.4) is 0 Å². The Bertz CT molecular complexity index is 739. The summed E-state index contributed by atoms with van der Waals surface area (Å²) in [6.07, 6.45) is 7.05. The fraction of sp³-hybridized carbons (Fsp3) is 0.579. The summed E-state index contributed by atoms with van der Waals surface area (Å²) in [5.74, 6) is 0.831. The predicted molar refractivity (Wildman–Crippen MR) is 116 cm³/mol. The average Bonchev–Trinajstić information content (AvgIpc) is 3.00. The van der Waals surface area contributed by atoms with Gasteiger partial charge in [0.15, 0.2) is 5.96 Å². The van der Waals surface area contributed by atoms with Gasteiger partial charge < -0.3 is 19.8 Å². The van der Waals surface area contributed by atoms with Gasteiger partial charge in [0.2, 0.25) is 0 Å². The SMILES string of the molecule is CN=C(NCc1cn2c(C)cccc2n1)NCC1(CCOC)CCC1.I. The van der Waals surface area contributed by atoms with Crippen LogP contribution in [-0.4, -0.2) is 42.7 Å². The number of methoxy groups -OCH3 is 1. The molecule has 1 saturated carbocycles. The van der Waals surface area contributed by atoms with E-state index in [-0.39, 0.29) is 24.0 Å². The summed E-state index contributed by atoms with van der Waals surface area (Å²) in [5.41, 5.74) is 3.54. The highest BCUT2D eigenvalue weighted by molar-refractivity contribution is 14.0. The van der Waals surface area contributed by atoms with Crippen LogP contribution < -0.4 is 10.6 Å². The molecule has 0 unspecified atom stereocenters. The molecule has 0 spiro atoms. The van der Waals surface area contributed by atoms with Crippen LogP contribution in [0.5, 0.6) is 0 Å². The average molecular weight is 471 g/mol. The number of pyridine rings is 1. The molecule has 26 heavy (non-hydrogen) atoms. The van der Waals surface area contributed by atoms with Crippen LogP contribution in [0.4, 0.5) is 0 Å². The first-order valence-corrected chi connectivity index (χ1v) is 9.03. The molecular weight excluding hydrogens is 441 g/mol. The second kappa shape index (κ2) is 9.55. The van der Waals surface area contributed by atoms with Gasteiger partial charge in [0.05, 0.1) is 12.2 Å². The number of aromatic nitrogens is 2. The van der Waals surface area contributed by atoms with Crippen LogP contribution in [0.1, 0.15) is 37.1 Å². The minimum absolute atomic E-state index is 0. The molecule has 2 aromatic heterocycles. The topological polar surface area (TPSA) is 63.0 Å². The number of aliphatic imine (C=N–C) groups is 1. The lowest BCUT2D eigenvalue weighted by atomic mass is 9.67. The minimum Gasteiger partial charge on any atom is -0.385 e. The van der Waals surface area contributed by atoms with Gasteiger partial charge >= 0.3 is 0 Å². The number of guanidine groups is 1. The standard InChI is InChI=1S/C19H29N5O.HI/c1-15-6-4-7-17-23-16(13-24(15)17)12-21-18(20-2)22-14-19(8-5-9-19)10-11-25-3;/h4,6-7,13H,5,8-12,14H2,1-3H3,(H2,20,21,22);1H. The summed E-state index contributed by atoms with van der Waals surface area (Å²) in [6.45, 7) is 4.52. The maximum atomic E-state index is 5.27. The Morgan fingerprint density at radius 1 is 1.35 bits per heavy atom. The van der Waals surface area contributed by atoms with Crippen LogP contribution in [0, 0.1) is 12.3 Å². The third-order valence-corrected chi connectivity index (χ3v) is 5.29. The van der Waals surface area contributed by atoms with Gasteiger partial charge in [0.1, 0.15) is 5.65 Å². The van der Waals surface area contributed by atoms with Crippen molar-refractivity contribution < 1.29 is 4.74 Å². The molecular formula is C19H30IN5O. The lowest BCUT2D eigenvalue weighted by Crippen LogP contribution is -2.46. The van der Waals surface area contributed by atoms with Gasteiger partial charge in [0, 0.05) is 39.2 Å². The molecule has 0 bridgehead atoms. The Hall–Kier alpha value is -1.35. The van der Waals surface area contributed by atoms with E-state index in [0.717, 1.165) is 36.9 Å². The van der Waals surface area contributed by atoms with Crippen molar-refractivity contribution in [1.29, 1.82) is 0 Å². The molecule has 2 aromatic rings. The molecule has 2 N–H and O–H groups in total. The second-order valence-corrected chi connectivity index (χ2v) is 7.00. The number of fused-ring (bicyclic) bond motifs is 1. The number of aryl methyl sites for hydroxylation is 1. The van der Waals surface area contributed by atoms with E-state index >= 15 is 0 Å². The summed E-state index contributed by atoms with van der Waals surface area (Å²) >= 11 is 0. The first-order chi connectivity index (χ1) is 12.2. The molecule has 0 radical (unpaired) electrons. The van der Waals surface area contributed by atoms with E-state index in [1.807, 2.05) is 19.2 Å². The highest BCUT2D eigenvalue weighted by Crippen LogP contribution is 2.43. The van der Waals surface area contributed by atoms with Crippen LogP contribution in [0.15, 0.2) is 29.4 Å². The van der Waals surface area contributed by atoms with E-state index in [1.54, 1.807) is 7.11 Å². The molecule has 2 heterocycles. The Kier molecular flexibility index (Phi) is 7.69. The van der Waals surface area contributed by atoms with E-state index in [4.69, 9.17) is 4.74 Å². The molecule has 0 atom stereocenters. The number of halogens is 1. The van der Waals surface area contributed by atoms with Gasteiger partial charge in [-0.25, -0.2) is 4.98 Å². The fourth-order valence-corrected chi connectivity index (χ4v) is 3.46. The Morgan fingerprint density at radius 3 is 2.77 bits per heavy atom. The van der Waals surface area contributed by atoms with Gasteiger partial charge in [-0.1, -0.05) is 12.5 Å². The molecule has 0 saturated heterocycles. The highest BCUT2D eigenvalue weighted by atomic mass is 127. The summed E-state index contributed by atoms with van der Waals surface area (Å²) in [4.78, 5) is 9.00. The van der Waals surface area contributed by atoms with E-state index in [0.29, 0.717) is 12.0 Å². The Morgan fingerprint density at radius 2 is 2.15 bits per heavy atom. The van der Waals surface area contributed by atoms with Crippen molar-refractivity contribution in [2.45, 2.75) is 39.2 Å². The summed E-state index contributed by atoms with van der Waals surface area (Å²) in [6, 6.07) is 6.15. The maximum Gasteiger partial charge on any atom is 0.191 e. The minimum atomic E-state index is 0. The lowest BCUT2D eigenvalue weighted by molar-refractivity contribution is 0.0732. The summed E-state index contributed by atoms with van der Waals surface area (Å²) in [5, 5.41) is 6.86. The van der Waals surface area contributed by atoms with E-state index in [1.165, 1.54) is 25.0 Å². The number of rotatable bonds is 7. The summed E-state index contributed by atoms with van der Waals surface area (Å²) < 4.78 is 7.38. The third-order valence-electron chi connectivity index (χ3n) is 5.29. The van der Waals surface area contributed by atoms with Crippen molar-refractivity contribution in [3.05, 3.63) is 35.8 Å². The predicted octanol–water partition coefficient (Wildman–Crippen LogP) is 3.13. The van der Waals surface area contributed by atoms with Gasteiger partial charge in [0.25, 0.3) is 0 Å². The number of ether oxygens (including phenoxy) is 1. The van der Waals surface area contributed by atoms with Crippen molar-refractivity contribution >= 4 is 35.6 Å². The van der Waals surface area contributed by atoms with Crippen LogP contribution in [-0.2, 0) is 11.3 Å². The summed E-state index contributed by atoms with van der Waals surface area (Å²) in [7, 11) is 3.59. The second-order valence-electron chi connectivity index (χ2n) is 7.00. The molecule has 1 aliphatic carbocycles. The van der Waals surface area contributed by atoms with Gasteiger partial charge in [-0.05, 0) is 43.7 Å². The van der Waals surface area contributed by atoms with Crippen molar-refractivity contribution in [2.24, 2.45) is 10.4 Å². The van der Waals surface area contributed by atoms with Crippen molar-refractivity contribution in [3.63, 3.8) is 0 Å². The first-order valence-electron chi connectivity index (χ1n) is 9.03. The normalized spacial score (nSPS) is 16.0. The fourth-order valence-electron chi connectivity index (χ4n) is 3.46. The quantitative estimate of drug-likeness (QED) is 0.370. The molecule has 3 rings (SSSR count). The molecule has 1 aliphatic rings. The number of hydrogen-bond acceptors (Lipinski definition) is 3. The van der Waals surface area contributed by atoms with Gasteiger partial charge in [-0.3, -0.25) is 4.99 Å². The molecule has 0 aliphatic heterocycles. The Labute approximate surface area is 172 Å². The van der Waals surface area contributed by atoms with Crippen molar-refractivity contribution in [2.75, 3.05) is 27.3 Å². The van der Waals surface area contributed by atoms with E-state index in [2.05, 4.69) is 44.2 Å². The van der Waals surface area contributed by atoms with E-state index < -0.39 is 0 Å². The number of nitrogens with zero attached hydrogens (tertiary/aromatic N) is 3. The molecule has 6 nitrogen and oxygen atoms in total. The molecule has 144 valence electrons. The molecule has 0 amide bonds. The van der Waals surface area contributed by atoms with Gasteiger partial charge in [-0.15, -0.1) is 24.0 Å². The third kappa shape index (κ3) is 4.88. The van der Waals surface area contributed by atoms with Crippen LogP contribution in [0.2, 0.25) is 0 Å². The van der Waals surface area contributed by atoms with Crippen LogP contribution >= 0.6 is 24.0 Å². The molecule has 1 fully saturated rings. The zero-order valence-electron chi connectivity index (χ0n) is 15.9. The highest BCUT2D eigenvalue weighted by Gasteiger charge is 2.36. The zero-order chi connectivity index (χ0) is 17.7. The first kappa shape index (κ1) is 21.0. The molecule has 7 heteroatoms. The smallest absolute Gasteiger partial charge is 0.191 e. The number of nitrogens with one attached hydrogen (secondary N) is 2. The number of imidazole rings is 1. The largest absolute Gasteiger partial charge is 0.385 e. The number of hydrogen-bond donors (Lipinski definition) is 2. The lowest BCUT2D eigenvalue weighted by Gasteiger charge is -2.42. The molecule has 0 aromatic carbocycles.